The van der Waals surface area contributed by atoms with Crippen molar-refractivity contribution in [1.29, 1.82) is 0 Å². The zero-order valence-electron chi connectivity index (χ0n) is 8.29. The van der Waals surface area contributed by atoms with Crippen molar-refractivity contribution in [1.82, 2.24) is 4.57 Å². The lowest BCUT2D eigenvalue weighted by molar-refractivity contribution is 0.815. The van der Waals surface area contributed by atoms with Crippen LogP contribution in [-0.2, 0) is 7.05 Å². The van der Waals surface area contributed by atoms with Crippen molar-refractivity contribution in [3.05, 3.63) is 35.0 Å². The van der Waals surface area contributed by atoms with Crippen molar-refractivity contribution in [2.24, 2.45) is 12.8 Å². The summed E-state index contributed by atoms with van der Waals surface area (Å²) in [5.41, 5.74) is 8.09. The van der Waals surface area contributed by atoms with Crippen molar-refractivity contribution >= 4 is 22.5 Å². The second kappa shape index (κ2) is 3.30. The standard InChI is InChI=1S/C11H13ClN2/c1-7(13)9-6-14(2)11-8(9)4-3-5-10(11)12/h3-7H,13H2,1-2H3. The van der Waals surface area contributed by atoms with Crippen LogP contribution < -0.4 is 5.73 Å². The van der Waals surface area contributed by atoms with Gasteiger partial charge in [-0.3, -0.25) is 0 Å². The summed E-state index contributed by atoms with van der Waals surface area (Å²) >= 11 is 6.12. The topological polar surface area (TPSA) is 30.9 Å². The van der Waals surface area contributed by atoms with Crippen LogP contribution in [-0.4, -0.2) is 4.57 Å². The van der Waals surface area contributed by atoms with Gasteiger partial charge in [0.25, 0.3) is 0 Å². The third-order valence-electron chi connectivity index (χ3n) is 2.47. The second-order valence-corrected chi connectivity index (χ2v) is 4.03. The maximum Gasteiger partial charge on any atom is 0.0670 e. The second-order valence-electron chi connectivity index (χ2n) is 3.62. The van der Waals surface area contributed by atoms with Crippen LogP contribution in [0.5, 0.6) is 0 Å². The fourth-order valence-electron chi connectivity index (χ4n) is 1.81. The Morgan fingerprint density at radius 3 is 2.79 bits per heavy atom. The van der Waals surface area contributed by atoms with Gasteiger partial charge in [0.15, 0.2) is 0 Å². The zero-order chi connectivity index (χ0) is 10.3. The van der Waals surface area contributed by atoms with Gasteiger partial charge >= 0.3 is 0 Å². The molecule has 3 heteroatoms. The number of halogens is 1. The highest BCUT2D eigenvalue weighted by Crippen LogP contribution is 2.29. The molecule has 2 aromatic rings. The molecule has 0 fully saturated rings. The number of nitrogens with zero attached hydrogens (tertiary/aromatic N) is 1. The van der Waals surface area contributed by atoms with E-state index in [-0.39, 0.29) is 6.04 Å². The summed E-state index contributed by atoms with van der Waals surface area (Å²) in [5, 5.41) is 1.92. The van der Waals surface area contributed by atoms with Crippen LogP contribution in [0.3, 0.4) is 0 Å². The number of aryl methyl sites for hydroxylation is 1. The van der Waals surface area contributed by atoms with Gasteiger partial charge in [0, 0.05) is 24.7 Å². The molecule has 1 heterocycles. The number of fused-ring (bicyclic) bond motifs is 1. The smallest absolute Gasteiger partial charge is 0.0670 e. The summed E-state index contributed by atoms with van der Waals surface area (Å²) in [4.78, 5) is 0. The van der Waals surface area contributed by atoms with Gasteiger partial charge in [0.1, 0.15) is 0 Å². The molecule has 2 rings (SSSR count). The summed E-state index contributed by atoms with van der Waals surface area (Å²) < 4.78 is 2.02. The average Bonchev–Trinajstić information content (AvgIpc) is 2.45. The van der Waals surface area contributed by atoms with E-state index in [1.165, 1.54) is 0 Å². The molecular formula is C11H13ClN2. The molecule has 1 aromatic heterocycles. The van der Waals surface area contributed by atoms with Gasteiger partial charge in [-0.2, -0.15) is 0 Å². The highest BCUT2D eigenvalue weighted by Gasteiger charge is 2.11. The van der Waals surface area contributed by atoms with E-state index in [1.807, 2.05) is 36.9 Å². The molecule has 0 bridgehead atoms. The summed E-state index contributed by atoms with van der Waals surface area (Å²) in [6.45, 7) is 1.98. The van der Waals surface area contributed by atoms with Crippen LogP contribution in [0.15, 0.2) is 24.4 Å². The minimum absolute atomic E-state index is 0.0390. The monoisotopic (exact) mass is 208 g/mol. The van der Waals surface area contributed by atoms with Crippen molar-refractivity contribution in [3.63, 3.8) is 0 Å². The number of para-hydroxylation sites is 1. The summed E-state index contributed by atoms with van der Waals surface area (Å²) in [6, 6.07) is 5.95. The van der Waals surface area contributed by atoms with E-state index in [0.717, 1.165) is 21.5 Å². The van der Waals surface area contributed by atoms with Crippen LogP contribution in [0.25, 0.3) is 10.9 Å². The van der Waals surface area contributed by atoms with E-state index >= 15 is 0 Å². The molecule has 0 aliphatic rings. The van der Waals surface area contributed by atoms with Gasteiger partial charge < -0.3 is 10.3 Å². The normalized spacial score (nSPS) is 13.4. The fraction of sp³-hybridized carbons (Fsp3) is 0.273. The van der Waals surface area contributed by atoms with E-state index in [1.54, 1.807) is 0 Å². The van der Waals surface area contributed by atoms with Crippen molar-refractivity contribution in [2.75, 3.05) is 0 Å². The molecule has 0 saturated heterocycles. The van der Waals surface area contributed by atoms with Crippen LogP contribution in [0.4, 0.5) is 0 Å². The van der Waals surface area contributed by atoms with E-state index in [4.69, 9.17) is 17.3 Å². The number of aromatic nitrogens is 1. The Kier molecular flexibility index (Phi) is 2.25. The Bertz CT molecular complexity index is 471. The van der Waals surface area contributed by atoms with Crippen LogP contribution in [0, 0.1) is 0 Å². The van der Waals surface area contributed by atoms with Crippen molar-refractivity contribution in [3.8, 4) is 0 Å². The number of nitrogens with two attached hydrogens (primary N) is 1. The third kappa shape index (κ3) is 1.31. The van der Waals surface area contributed by atoms with E-state index in [0.29, 0.717) is 0 Å². The van der Waals surface area contributed by atoms with Gasteiger partial charge in [-0.25, -0.2) is 0 Å². The third-order valence-corrected chi connectivity index (χ3v) is 2.78. The first-order chi connectivity index (χ1) is 6.61. The van der Waals surface area contributed by atoms with Crippen molar-refractivity contribution in [2.45, 2.75) is 13.0 Å². The Balaban J connectivity index is 2.84. The number of benzene rings is 1. The van der Waals surface area contributed by atoms with Gasteiger partial charge in [-0.05, 0) is 18.6 Å². The van der Waals surface area contributed by atoms with Crippen LogP contribution >= 0.6 is 11.6 Å². The number of hydrogen-bond acceptors (Lipinski definition) is 1. The maximum absolute atomic E-state index is 6.12. The lowest BCUT2D eigenvalue weighted by Crippen LogP contribution is -2.03. The molecule has 2 N–H and O–H groups in total. The van der Waals surface area contributed by atoms with Gasteiger partial charge in [0.2, 0.25) is 0 Å². The van der Waals surface area contributed by atoms with Crippen LogP contribution in [0.2, 0.25) is 5.02 Å². The molecule has 1 aromatic carbocycles. The molecule has 74 valence electrons. The molecule has 14 heavy (non-hydrogen) atoms. The zero-order valence-corrected chi connectivity index (χ0v) is 9.05. The minimum atomic E-state index is 0.0390. The minimum Gasteiger partial charge on any atom is -0.349 e. The highest BCUT2D eigenvalue weighted by atomic mass is 35.5. The molecule has 1 unspecified atom stereocenters. The summed E-state index contributed by atoms with van der Waals surface area (Å²) in [6.07, 6.45) is 2.04. The quantitative estimate of drug-likeness (QED) is 0.768. The fourth-order valence-corrected chi connectivity index (χ4v) is 2.12. The number of hydrogen-bond donors (Lipinski definition) is 1. The molecule has 0 aliphatic heterocycles. The molecule has 0 spiro atoms. The predicted octanol–water partition coefficient (Wildman–Crippen LogP) is 2.85. The molecule has 0 amide bonds. The molecule has 0 saturated carbocycles. The first kappa shape index (κ1) is 9.56. The Morgan fingerprint density at radius 2 is 2.14 bits per heavy atom. The first-order valence-electron chi connectivity index (χ1n) is 4.60. The number of rotatable bonds is 1. The van der Waals surface area contributed by atoms with E-state index < -0.39 is 0 Å². The molecule has 1 atom stereocenters. The Morgan fingerprint density at radius 1 is 1.43 bits per heavy atom. The molecule has 2 nitrogen and oxygen atoms in total. The highest BCUT2D eigenvalue weighted by molar-refractivity contribution is 6.35. The average molecular weight is 209 g/mol. The SMILES string of the molecule is CC(N)c1cn(C)c2c(Cl)cccc12. The van der Waals surface area contributed by atoms with Crippen molar-refractivity contribution < 1.29 is 0 Å². The lowest BCUT2D eigenvalue weighted by Gasteiger charge is -2.02. The summed E-state index contributed by atoms with van der Waals surface area (Å²) in [5.74, 6) is 0. The largest absolute Gasteiger partial charge is 0.349 e. The van der Waals surface area contributed by atoms with Crippen LogP contribution in [0.1, 0.15) is 18.5 Å². The Hall–Kier alpha value is -0.990. The van der Waals surface area contributed by atoms with E-state index in [2.05, 4.69) is 6.07 Å². The lowest BCUT2D eigenvalue weighted by atomic mass is 10.1. The van der Waals surface area contributed by atoms with E-state index in [9.17, 15) is 0 Å². The molecule has 0 radical (unpaired) electrons. The van der Waals surface area contributed by atoms with Gasteiger partial charge in [-0.15, -0.1) is 0 Å². The Labute approximate surface area is 88.3 Å². The summed E-state index contributed by atoms with van der Waals surface area (Å²) in [7, 11) is 1.99. The van der Waals surface area contributed by atoms with Gasteiger partial charge in [-0.1, -0.05) is 23.7 Å². The molecular weight excluding hydrogens is 196 g/mol. The maximum atomic E-state index is 6.12. The first-order valence-corrected chi connectivity index (χ1v) is 4.98. The molecule has 0 aliphatic carbocycles. The van der Waals surface area contributed by atoms with Gasteiger partial charge in [0.05, 0.1) is 10.5 Å². The predicted molar refractivity (Wildman–Crippen MR) is 60.5 cm³/mol.